The molecule has 2 aromatic carbocycles. The van der Waals surface area contributed by atoms with Crippen LogP contribution in [0.4, 0.5) is 5.69 Å². The Balaban J connectivity index is 1.17. The molecular weight excluding hydrogens is 386 g/mol. The molecule has 0 unspecified atom stereocenters. The van der Waals surface area contributed by atoms with Gasteiger partial charge >= 0.3 is 0 Å². The number of aromatic amines is 1. The van der Waals surface area contributed by atoms with Gasteiger partial charge in [-0.1, -0.05) is 24.6 Å². The smallest absolute Gasteiger partial charge is 0.224 e. The van der Waals surface area contributed by atoms with E-state index in [1.807, 2.05) is 42.6 Å². The Morgan fingerprint density at radius 1 is 1.03 bits per heavy atom. The van der Waals surface area contributed by atoms with Gasteiger partial charge in [-0.15, -0.1) is 10.2 Å². The van der Waals surface area contributed by atoms with Crippen molar-refractivity contribution in [2.45, 2.75) is 51.5 Å². The first-order valence-electron chi connectivity index (χ1n) is 11.2. The van der Waals surface area contributed by atoms with Gasteiger partial charge in [0.25, 0.3) is 0 Å². The molecule has 0 radical (unpaired) electrons. The summed E-state index contributed by atoms with van der Waals surface area (Å²) in [6, 6.07) is 16.2. The number of anilines is 1. The largest absolute Gasteiger partial charge is 0.361 e. The number of para-hydroxylation sites is 1. The van der Waals surface area contributed by atoms with Gasteiger partial charge in [-0.2, -0.15) is 0 Å². The number of aryl methyl sites for hydroxylation is 2. The standard InChI is InChI=1S/C25H27N5O/c31-24(11-6-7-19-17-26-22-9-4-3-8-21(19)22)27-20-14-12-18(13-15-20)25-29-28-23-10-2-1-5-16-30(23)25/h3-4,8-9,12-15,17,26H,1-2,5-7,10-11,16H2,(H,27,31). The molecule has 0 saturated heterocycles. The lowest BCUT2D eigenvalue weighted by atomic mass is 10.1. The summed E-state index contributed by atoms with van der Waals surface area (Å²) in [5.74, 6) is 2.05. The molecule has 0 bridgehead atoms. The van der Waals surface area contributed by atoms with Crippen LogP contribution in [0.1, 0.15) is 43.5 Å². The van der Waals surface area contributed by atoms with Crippen molar-refractivity contribution in [1.29, 1.82) is 0 Å². The summed E-state index contributed by atoms with van der Waals surface area (Å²) < 4.78 is 2.24. The average Bonchev–Trinajstić information content (AvgIpc) is 3.31. The van der Waals surface area contributed by atoms with Crippen molar-refractivity contribution in [2.24, 2.45) is 0 Å². The van der Waals surface area contributed by atoms with Crippen LogP contribution in [0.3, 0.4) is 0 Å². The molecule has 2 N–H and O–H groups in total. The number of hydrogen-bond donors (Lipinski definition) is 2. The molecule has 158 valence electrons. The maximum Gasteiger partial charge on any atom is 0.224 e. The van der Waals surface area contributed by atoms with Gasteiger partial charge in [0.05, 0.1) is 0 Å². The van der Waals surface area contributed by atoms with E-state index in [9.17, 15) is 4.79 Å². The van der Waals surface area contributed by atoms with Crippen LogP contribution >= 0.6 is 0 Å². The van der Waals surface area contributed by atoms with Gasteiger partial charge in [-0.3, -0.25) is 4.79 Å². The summed E-state index contributed by atoms with van der Waals surface area (Å²) in [5.41, 5.74) is 4.27. The molecule has 1 amide bonds. The number of H-pyrrole nitrogens is 1. The number of benzene rings is 2. The Labute approximate surface area is 181 Å². The minimum absolute atomic E-state index is 0.0453. The molecule has 4 aromatic rings. The van der Waals surface area contributed by atoms with Gasteiger partial charge in [0.2, 0.25) is 5.91 Å². The number of carbonyl (C=O) groups is 1. The molecule has 0 saturated carbocycles. The van der Waals surface area contributed by atoms with E-state index < -0.39 is 0 Å². The third kappa shape index (κ3) is 4.24. The lowest BCUT2D eigenvalue weighted by Crippen LogP contribution is -2.11. The fourth-order valence-corrected chi connectivity index (χ4v) is 4.40. The number of hydrogen-bond acceptors (Lipinski definition) is 3. The van der Waals surface area contributed by atoms with E-state index in [-0.39, 0.29) is 5.91 Å². The molecule has 3 heterocycles. The third-order valence-electron chi connectivity index (χ3n) is 6.06. The molecule has 1 aliphatic rings. The zero-order valence-electron chi connectivity index (χ0n) is 17.6. The third-order valence-corrected chi connectivity index (χ3v) is 6.06. The Kier molecular flexibility index (Phi) is 5.52. The van der Waals surface area contributed by atoms with E-state index in [1.54, 1.807) is 0 Å². The minimum atomic E-state index is 0.0453. The summed E-state index contributed by atoms with van der Waals surface area (Å²) in [5, 5.41) is 13.0. The lowest BCUT2D eigenvalue weighted by Gasteiger charge is -2.09. The van der Waals surface area contributed by atoms with Crippen LogP contribution in [-0.4, -0.2) is 25.7 Å². The molecule has 0 atom stereocenters. The predicted octanol–water partition coefficient (Wildman–Crippen LogP) is 5.11. The molecule has 6 nitrogen and oxygen atoms in total. The van der Waals surface area contributed by atoms with Crippen LogP contribution in [0.15, 0.2) is 54.7 Å². The summed E-state index contributed by atoms with van der Waals surface area (Å²) in [6.07, 6.45) is 8.85. The number of nitrogens with one attached hydrogen (secondary N) is 2. The number of carbonyl (C=O) groups excluding carboxylic acids is 1. The Morgan fingerprint density at radius 3 is 2.81 bits per heavy atom. The molecule has 31 heavy (non-hydrogen) atoms. The second kappa shape index (κ2) is 8.76. The van der Waals surface area contributed by atoms with E-state index in [2.05, 4.69) is 37.2 Å². The van der Waals surface area contributed by atoms with Gasteiger partial charge in [0, 0.05) is 47.7 Å². The van der Waals surface area contributed by atoms with Crippen LogP contribution < -0.4 is 5.32 Å². The average molecular weight is 414 g/mol. The maximum absolute atomic E-state index is 12.4. The number of aromatic nitrogens is 4. The van der Waals surface area contributed by atoms with Gasteiger partial charge in [-0.05, 0) is 61.6 Å². The van der Waals surface area contributed by atoms with E-state index in [1.165, 1.54) is 30.2 Å². The Hall–Kier alpha value is -3.41. The highest BCUT2D eigenvalue weighted by Gasteiger charge is 2.16. The highest BCUT2D eigenvalue weighted by atomic mass is 16.1. The van der Waals surface area contributed by atoms with Crippen LogP contribution in [0.2, 0.25) is 0 Å². The van der Waals surface area contributed by atoms with E-state index in [0.29, 0.717) is 6.42 Å². The van der Waals surface area contributed by atoms with Gasteiger partial charge in [0.1, 0.15) is 5.82 Å². The van der Waals surface area contributed by atoms with Crippen LogP contribution in [-0.2, 0) is 24.2 Å². The van der Waals surface area contributed by atoms with Crippen molar-refractivity contribution in [1.82, 2.24) is 19.7 Å². The second-order valence-corrected chi connectivity index (χ2v) is 8.24. The van der Waals surface area contributed by atoms with Gasteiger partial charge in [0.15, 0.2) is 5.82 Å². The van der Waals surface area contributed by atoms with Crippen LogP contribution in [0, 0.1) is 0 Å². The predicted molar refractivity (Wildman–Crippen MR) is 123 cm³/mol. The fourth-order valence-electron chi connectivity index (χ4n) is 4.40. The zero-order valence-corrected chi connectivity index (χ0v) is 17.6. The maximum atomic E-state index is 12.4. The first kappa shape index (κ1) is 19.5. The first-order chi connectivity index (χ1) is 15.3. The second-order valence-electron chi connectivity index (χ2n) is 8.24. The molecule has 0 spiro atoms. The normalized spacial score (nSPS) is 13.7. The topological polar surface area (TPSA) is 75.6 Å². The molecule has 0 aliphatic carbocycles. The lowest BCUT2D eigenvalue weighted by molar-refractivity contribution is -0.116. The Morgan fingerprint density at radius 2 is 1.90 bits per heavy atom. The number of nitrogens with zero attached hydrogens (tertiary/aromatic N) is 3. The highest BCUT2D eigenvalue weighted by Crippen LogP contribution is 2.24. The highest BCUT2D eigenvalue weighted by molar-refractivity contribution is 5.91. The van der Waals surface area contributed by atoms with Crippen molar-refractivity contribution in [2.75, 3.05) is 5.32 Å². The SMILES string of the molecule is O=C(CCCc1c[nH]c2ccccc12)Nc1ccc(-c2nnc3n2CCCCC3)cc1. The zero-order chi connectivity index (χ0) is 21.0. The molecule has 1 aliphatic heterocycles. The van der Waals surface area contributed by atoms with E-state index in [0.717, 1.165) is 54.2 Å². The molecule has 2 aromatic heterocycles. The summed E-state index contributed by atoms with van der Waals surface area (Å²) in [7, 11) is 0. The van der Waals surface area contributed by atoms with E-state index >= 15 is 0 Å². The van der Waals surface area contributed by atoms with Crippen molar-refractivity contribution < 1.29 is 4.79 Å². The van der Waals surface area contributed by atoms with Crippen molar-refractivity contribution >= 4 is 22.5 Å². The molecule has 0 fully saturated rings. The number of amides is 1. The Bertz CT molecular complexity index is 1190. The molecule has 5 rings (SSSR count). The summed E-state index contributed by atoms with van der Waals surface area (Å²) in [6.45, 7) is 0.979. The fraction of sp³-hybridized carbons (Fsp3) is 0.320. The first-order valence-corrected chi connectivity index (χ1v) is 11.2. The van der Waals surface area contributed by atoms with Gasteiger partial charge in [-0.25, -0.2) is 0 Å². The van der Waals surface area contributed by atoms with Crippen LogP contribution in [0.5, 0.6) is 0 Å². The molecular formula is C25H27N5O. The van der Waals surface area contributed by atoms with Gasteiger partial charge < -0.3 is 14.9 Å². The summed E-state index contributed by atoms with van der Waals surface area (Å²) >= 11 is 0. The van der Waals surface area contributed by atoms with E-state index in [4.69, 9.17) is 0 Å². The van der Waals surface area contributed by atoms with Crippen molar-refractivity contribution in [3.05, 3.63) is 66.1 Å². The minimum Gasteiger partial charge on any atom is -0.361 e. The molecule has 6 heteroatoms. The monoisotopic (exact) mass is 413 g/mol. The quantitative estimate of drug-likeness (QED) is 0.461. The van der Waals surface area contributed by atoms with Crippen molar-refractivity contribution in [3.63, 3.8) is 0 Å². The number of fused-ring (bicyclic) bond motifs is 2. The summed E-state index contributed by atoms with van der Waals surface area (Å²) in [4.78, 5) is 15.7. The van der Waals surface area contributed by atoms with Crippen LogP contribution in [0.25, 0.3) is 22.3 Å². The number of rotatable bonds is 6. The van der Waals surface area contributed by atoms with Crippen molar-refractivity contribution in [3.8, 4) is 11.4 Å².